The number of aromatic nitrogens is 1. The number of nitrogens with one attached hydrogen (secondary N) is 1. The molecule has 0 atom stereocenters. The molecule has 0 amide bonds. The molecule has 0 saturated heterocycles. The zero-order valence-electron chi connectivity index (χ0n) is 20.7. The molecule has 4 rings (SSSR count). The first-order valence-corrected chi connectivity index (χ1v) is 12.0. The number of pyridine rings is 1. The monoisotopic (exact) mass is 466 g/mol. The maximum atomic E-state index is 13.9. The second-order valence-corrected chi connectivity index (χ2v) is 9.38. The van der Waals surface area contributed by atoms with Crippen molar-refractivity contribution in [1.82, 2.24) is 14.8 Å². The summed E-state index contributed by atoms with van der Waals surface area (Å²) in [6.45, 7) is 3.43. The molecule has 0 saturated carbocycles. The lowest BCUT2D eigenvalue weighted by Gasteiger charge is -2.14. The number of hydrogen-bond acceptors (Lipinski definition) is 6. The van der Waals surface area contributed by atoms with Crippen molar-refractivity contribution in [2.24, 2.45) is 0 Å². The summed E-state index contributed by atoms with van der Waals surface area (Å²) in [4.78, 5) is 9.17. The van der Waals surface area contributed by atoms with Crippen molar-refractivity contribution in [3.63, 3.8) is 0 Å². The minimum absolute atomic E-state index is 0.301. The first-order valence-electron chi connectivity index (χ1n) is 12.0. The van der Waals surface area contributed by atoms with E-state index in [4.69, 9.17) is 14.1 Å². The molecule has 2 aromatic carbocycles. The second-order valence-electron chi connectivity index (χ2n) is 9.38. The number of likely N-dealkylation sites (N-methyl/N-ethyl adjacent to an activating group) is 1. The SMILES string of the molecule is CN(C)CCCCCCOc1ccc2nc3c(oc4ccc(F)cc43)c(NCCN(C)C)c2c1. The Morgan fingerprint density at radius 3 is 2.50 bits per heavy atom. The third kappa shape index (κ3) is 5.77. The Balaban J connectivity index is 1.59. The summed E-state index contributed by atoms with van der Waals surface area (Å²) in [5, 5.41) is 5.16. The van der Waals surface area contributed by atoms with Crippen LogP contribution in [0.4, 0.5) is 10.1 Å². The van der Waals surface area contributed by atoms with E-state index >= 15 is 0 Å². The first-order chi connectivity index (χ1) is 16.4. The topological polar surface area (TPSA) is 53.8 Å². The fourth-order valence-corrected chi connectivity index (χ4v) is 4.14. The molecule has 6 nitrogen and oxygen atoms in total. The second kappa shape index (κ2) is 11.0. The van der Waals surface area contributed by atoms with Gasteiger partial charge in [-0.1, -0.05) is 12.8 Å². The summed E-state index contributed by atoms with van der Waals surface area (Å²) in [6, 6.07) is 10.5. The number of furan rings is 1. The van der Waals surface area contributed by atoms with Gasteiger partial charge < -0.3 is 24.3 Å². The zero-order chi connectivity index (χ0) is 24.1. The van der Waals surface area contributed by atoms with E-state index in [1.54, 1.807) is 6.07 Å². The van der Waals surface area contributed by atoms with Gasteiger partial charge in [0.25, 0.3) is 0 Å². The highest BCUT2D eigenvalue weighted by atomic mass is 19.1. The van der Waals surface area contributed by atoms with Crippen molar-refractivity contribution in [3.8, 4) is 5.75 Å². The molecule has 0 unspecified atom stereocenters. The van der Waals surface area contributed by atoms with Gasteiger partial charge in [0.1, 0.15) is 22.7 Å². The molecule has 1 N–H and O–H groups in total. The van der Waals surface area contributed by atoms with Crippen LogP contribution < -0.4 is 10.1 Å². The molecular formula is C27H35FN4O2. The fraction of sp³-hybridized carbons (Fsp3) is 0.444. The number of benzene rings is 2. The molecule has 0 aliphatic heterocycles. The van der Waals surface area contributed by atoms with E-state index in [0.717, 1.165) is 54.8 Å². The molecule has 7 heteroatoms. The van der Waals surface area contributed by atoms with Gasteiger partial charge in [0, 0.05) is 23.9 Å². The van der Waals surface area contributed by atoms with Crippen molar-refractivity contribution < 1.29 is 13.5 Å². The highest BCUT2D eigenvalue weighted by molar-refractivity contribution is 6.14. The van der Waals surface area contributed by atoms with E-state index in [2.05, 4.69) is 29.2 Å². The lowest BCUT2D eigenvalue weighted by atomic mass is 10.1. The maximum Gasteiger partial charge on any atom is 0.177 e. The molecule has 2 aromatic heterocycles. The van der Waals surface area contributed by atoms with E-state index < -0.39 is 0 Å². The minimum atomic E-state index is -0.301. The molecule has 182 valence electrons. The van der Waals surface area contributed by atoms with Gasteiger partial charge in [0.2, 0.25) is 0 Å². The maximum absolute atomic E-state index is 13.9. The lowest BCUT2D eigenvalue weighted by molar-refractivity contribution is 0.302. The first kappa shape index (κ1) is 24.2. The average Bonchev–Trinajstić information content (AvgIpc) is 3.15. The standard InChI is InChI=1S/C27H35FN4O2/c1-31(2)14-7-5-6-8-16-33-20-10-11-23-21(18-20)25(29-13-15-32(3)4)27-26(30-23)22-17-19(28)9-12-24(22)34-27/h9-12,17-18H,5-8,13-16H2,1-4H3,(H,29,30). The molecule has 0 fully saturated rings. The van der Waals surface area contributed by atoms with Crippen molar-refractivity contribution in [2.75, 3.05) is 59.7 Å². The summed E-state index contributed by atoms with van der Waals surface area (Å²) in [6.07, 6.45) is 4.63. The van der Waals surface area contributed by atoms with E-state index in [9.17, 15) is 4.39 Å². The molecule has 4 aromatic rings. The Bertz CT molecular complexity index is 1250. The van der Waals surface area contributed by atoms with Crippen molar-refractivity contribution in [1.29, 1.82) is 0 Å². The van der Waals surface area contributed by atoms with Gasteiger partial charge in [-0.25, -0.2) is 9.37 Å². The Kier molecular flexibility index (Phi) is 7.85. The van der Waals surface area contributed by atoms with Gasteiger partial charge >= 0.3 is 0 Å². The molecule has 0 aliphatic rings. The predicted molar refractivity (Wildman–Crippen MR) is 139 cm³/mol. The van der Waals surface area contributed by atoms with Crippen LogP contribution in [0.15, 0.2) is 40.8 Å². The van der Waals surface area contributed by atoms with Gasteiger partial charge in [-0.05, 0) is 84.0 Å². The number of ether oxygens (including phenoxy) is 1. The Hall–Kier alpha value is -2.90. The number of unbranched alkanes of at least 4 members (excludes halogenated alkanes) is 3. The van der Waals surface area contributed by atoms with Crippen LogP contribution in [0.25, 0.3) is 33.0 Å². The Labute approximate surface area is 200 Å². The third-order valence-corrected chi connectivity index (χ3v) is 5.95. The minimum Gasteiger partial charge on any atom is -0.494 e. The van der Waals surface area contributed by atoms with E-state index in [0.29, 0.717) is 28.7 Å². The lowest BCUT2D eigenvalue weighted by Crippen LogP contribution is -2.21. The number of hydrogen-bond donors (Lipinski definition) is 1. The van der Waals surface area contributed by atoms with E-state index in [1.165, 1.54) is 25.0 Å². The third-order valence-electron chi connectivity index (χ3n) is 5.95. The van der Waals surface area contributed by atoms with Crippen LogP contribution in [-0.4, -0.2) is 69.2 Å². The van der Waals surface area contributed by atoms with Gasteiger partial charge in [-0.3, -0.25) is 0 Å². The predicted octanol–water partition coefficient (Wildman–Crippen LogP) is 5.75. The summed E-state index contributed by atoms with van der Waals surface area (Å²) < 4.78 is 26.2. The van der Waals surface area contributed by atoms with Gasteiger partial charge in [0.05, 0.1) is 17.8 Å². The zero-order valence-corrected chi connectivity index (χ0v) is 20.7. The van der Waals surface area contributed by atoms with Gasteiger partial charge in [-0.15, -0.1) is 0 Å². The normalized spacial score (nSPS) is 12.0. The van der Waals surface area contributed by atoms with E-state index in [-0.39, 0.29) is 5.82 Å². The average molecular weight is 467 g/mol. The molecule has 0 aliphatic carbocycles. The van der Waals surface area contributed by atoms with Crippen LogP contribution in [0.5, 0.6) is 5.75 Å². The van der Waals surface area contributed by atoms with Crippen molar-refractivity contribution >= 4 is 38.7 Å². The highest BCUT2D eigenvalue weighted by Crippen LogP contribution is 2.38. The van der Waals surface area contributed by atoms with Crippen LogP contribution in [0.2, 0.25) is 0 Å². The summed E-state index contributed by atoms with van der Waals surface area (Å²) in [5.41, 5.74) is 3.63. The quantitative estimate of drug-likeness (QED) is 0.268. The number of anilines is 1. The number of rotatable bonds is 12. The summed E-state index contributed by atoms with van der Waals surface area (Å²) in [5.74, 6) is 0.518. The summed E-state index contributed by atoms with van der Waals surface area (Å²) >= 11 is 0. The molecule has 0 spiro atoms. The smallest absolute Gasteiger partial charge is 0.177 e. The molecule has 0 bridgehead atoms. The number of fused-ring (bicyclic) bond motifs is 4. The van der Waals surface area contributed by atoms with Crippen LogP contribution >= 0.6 is 0 Å². The van der Waals surface area contributed by atoms with Crippen LogP contribution in [0, 0.1) is 5.82 Å². The molecular weight excluding hydrogens is 431 g/mol. The van der Waals surface area contributed by atoms with Crippen LogP contribution in [0.1, 0.15) is 25.7 Å². The van der Waals surface area contributed by atoms with Gasteiger partial charge in [0.15, 0.2) is 5.58 Å². The Morgan fingerprint density at radius 2 is 1.71 bits per heavy atom. The van der Waals surface area contributed by atoms with E-state index in [1.807, 2.05) is 32.3 Å². The molecule has 0 radical (unpaired) electrons. The largest absolute Gasteiger partial charge is 0.494 e. The fourth-order valence-electron chi connectivity index (χ4n) is 4.14. The van der Waals surface area contributed by atoms with Crippen molar-refractivity contribution in [2.45, 2.75) is 25.7 Å². The molecule has 2 heterocycles. The Morgan fingerprint density at radius 1 is 0.912 bits per heavy atom. The number of halogens is 1. The molecule has 34 heavy (non-hydrogen) atoms. The van der Waals surface area contributed by atoms with Gasteiger partial charge in [-0.2, -0.15) is 0 Å². The van der Waals surface area contributed by atoms with Crippen LogP contribution in [0.3, 0.4) is 0 Å². The highest BCUT2D eigenvalue weighted by Gasteiger charge is 2.17. The summed E-state index contributed by atoms with van der Waals surface area (Å²) in [7, 11) is 8.30. The van der Waals surface area contributed by atoms with Crippen molar-refractivity contribution in [3.05, 3.63) is 42.2 Å². The number of nitrogens with zero attached hydrogens (tertiary/aromatic N) is 3. The van der Waals surface area contributed by atoms with Crippen LogP contribution in [-0.2, 0) is 0 Å².